The van der Waals surface area contributed by atoms with Crippen LogP contribution < -0.4 is 0 Å². The van der Waals surface area contributed by atoms with Gasteiger partial charge in [-0.15, -0.1) is 11.3 Å². The van der Waals surface area contributed by atoms with Crippen molar-refractivity contribution in [3.8, 4) is 0 Å². The number of aromatic nitrogens is 1. The normalized spacial score (nSPS) is 10.8. The molecule has 2 rings (SSSR count). The van der Waals surface area contributed by atoms with Crippen molar-refractivity contribution >= 4 is 24.0 Å². The number of rotatable bonds is 6. The lowest BCUT2D eigenvalue weighted by Gasteiger charge is -1.98. The van der Waals surface area contributed by atoms with Gasteiger partial charge in [0, 0.05) is 24.2 Å². The van der Waals surface area contributed by atoms with E-state index < -0.39 is 0 Å². The Morgan fingerprint density at radius 3 is 2.67 bits per heavy atom. The highest BCUT2D eigenvalue weighted by Crippen LogP contribution is 2.22. The van der Waals surface area contributed by atoms with Crippen LogP contribution in [0.5, 0.6) is 0 Å². The van der Waals surface area contributed by atoms with Gasteiger partial charge >= 0.3 is 0 Å². The van der Waals surface area contributed by atoms with Crippen LogP contribution in [0.1, 0.15) is 21.1 Å². The largest absolute Gasteiger partial charge is 0.378 e. The SMILES string of the molecule is COCc1nc(CCc2ccccc2)sc1CS. The maximum absolute atomic E-state index is 5.16. The van der Waals surface area contributed by atoms with Crippen molar-refractivity contribution < 1.29 is 4.74 Å². The molecule has 0 spiro atoms. The van der Waals surface area contributed by atoms with Gasteiger partial charge in [-0.1, -0.05) is 30.3 Å². The van der Waals surface area contributed by atoms with Crippen molar-refractivity contribution in [3.63, 3.8) is 0 Å². The number of hydrogen-bond donors (Lipinski definition) is 1. The van der Waals surface area contributed by atoms with Crippen LogP contribution in [0, 0.1) is 0 Å². The Bertz CT molecular complexity index is 482. The zero-order valence-electron chi connectivity index (χ0n) is 10.4. The molecule has 0 aliphatic carbocycles. The molecule has 0 radical (unpaired) electrons. The topological polar surface area (TPSA) is 22.1 Å². The summed E-state index contributed by atoms with van der Waals surface area (Å²) in [5.41, 5.74) is 2.40. The molecule has 1 heterocycles. The number of aryl methyl sites for hydroxylation is 2. The highest BCUT2D eigenvalue weighted by atomic mass is 32.1. The van der Waals surface area contributed by atoms with Gasteiger partial charge < -0.3 is 4.74 Å². The average molecular weight is 279 g/mol. The third-order valence-electron chi connectivity index (χ3n) is 2.72. The number of hydrogen-bond acceptors (Lipinski definition) is 4. The quantitative estimate of drug-likeness (QED) is 0.818. The van der Waals surface area contributed by atoms with Gasteiger partial charge in [0.1, 0.15) is 0 Å². The molecule has 2 nitrogen and oxygen atoms in total. The van der Waals surface area contributed by atoms with Crippen LogP contribution in [-0.2, 0) is 29.9 Å². The Morgan fingerprint density at radius 1 is 1.22 bits per heavy atom. The minimum atomic E-state index is 0.581. The molecule has 0 N–H and O–H groups in total. The lowest BCUT2D eigenvalue weighted by atomic mass is 10.1. The first-order valence-electron chi connectivity index (χ1n) is 5.94. The third-order valence-corrected chi connectivity index (χ3v) is 4.41. The summed E-state index contributed by atoms with van der Waals surface area (Å²) in [5.74, 6) is 0.738. The molecule has 0 fully saturated rings. The third kappa shape index (κ3) is 3.57. The summed E-state index contributed by atoms with van der Waals surface area (Å²) in [4.78, 5) is 5.86. The Balaban J connectivity index is 2.01. The molecule has 0 aliphatic heterocycles. The van der Waals surface area contributed by atoms with Gasteiger partial charge in [0.05, 0.1) is 17.3 Å². The highest BCUT2D eigenvalue weighted by Gasteiger charge is 2.09. The van der Waals surface area contributed by atoms with Gasteiger partial charge in [-0.2, -0.15) is 12.6 Å². The number of thiazole rings is 1. The smallest absolute Gasteiger partial charge is 0.0935 e. The molecule has 1 aromatic heterocycles. The molecular weight excluding hydrogens is 262 g/mol. The Hall–Kier alpha value is -0.840. The molecule has 2 aromatic rings. The van der Waals surface area contributed by atoms with E-state index in [0.29, 0.717) is 6.61 Å². The Kier molecular flexibility index (Phi) is 5.23. The molecule has 0 aliphatic rings. The van der Waals surface area contributed by atoms with Crippen LogP contribution in [-0.4, -0.2) is 12.1 Å². The molecule has 18 heavy (non-hydrogen) atoms. The lowest BCUT2D eigenvalue weighted by Crippen LogP contribution is -1.93. The fraction of sp³-hybridized carbons (Fsp3) is 0.357. The van der Waals surface area contributed by atoms with Crippen LogP contribution in [0.3, 0.4) is 0 Å². The van der Waals surface area contributed by atoms with Gasteiger partial charge in [0.2, 0.25) is 0 Å². The maximum atomic E-state index is 5.16. The van der Waals surface area contributed by atoms with Crippen molar-refractivity contribution in [3.05, 3.63) is 51.5 Å². The number of nitrogens with zero attached hydrogens (tertiary/aromatic N) is 1. The number of benzene rings is 1. The summed E-state index contributed by atoms with van der Waals surface area (Å²) in [7, 11) is 1.70. The molecule has 0 saturated heterocycles. The van der Waals surface area contributed by atoms with E-state index in [2.05, 4.69) is 41.9 Å². The van der Waals surface area contributed by atoms with E-state index in [-0.39, 0.29) is 0 Å². The van der Waals surface area contributed by atoms with E-state index in [9.17, 15) is 0 Å². The highest BCUT2D eigenvalue weighted by molar-refractivity contribution is 7.79. The Morgan fingerprint density at radius 2 is 2.00 bits per heavy atom. The van der Waals surface area contributed by atoms with Gasteiger partial charge in [0.15, 0.2) is 0 Å². The second kappa shape index (κ2) is 6.92. The number of ether oxygens (including phenoxy) is 1. The van der Waals surface area contributed by atoms with E-state index in [1.807, 2.05) is 6.07 Å². The van der Waals surface area contributed by atoms with Gasteiger partial charge in [-0.3, -0.25) is 0 Å². The summed E-state index contributed by atoms with van der Waals surface area (Å²) in [6.45, 7) is 0.581. The van der Waals surface area contributed by atoms with E-state index in [4.69, 9.17) is 4.74 Å². The summed E-state index contributed by atoms with van der Waals surface area (Å²) >= 11 is 6.09. The number of methoxy groups -OCH3 is 1. The molecule has 96 valence electrons. The zero-order valence-corrected chi connectivity index (χ0v) is 12.1. The molecule has 0 amide bonds. The standard InChI is InChI=1S/C14H17NOS2/c1-16-9-12-13(10-17)18-14(15-12)8-7-11-5-3-2-4-6-11/h2-6,17H,7-10H2,1H3. The maximum Gasteiger partial charge on any atom is 0.0935 e. The summed E-state index contributed by atoms with van der Waals surface area (Å²) in [5, 5.41) is 1.18. The van der Waals surface area contributed by atoms with Crippen molar-refractivity contribution in [1.82, 2.24) is 4.98 Å². The number of thiol groups is 1. The van der Waals surface area contributed by atoms with Crippen LogP contribution >= 0.6 is 24.0 Å². The first kappa shape index (κ1) is 13.6. The van der Waals surface area contributed by atoms with E-state index in [0.717, 1.165) is 24.3 Å². The first-order valence-corrected chi connectivity index (χ1v) is 7.39. The molecule has 0 atom stereocenters. The van der Waals surface area contributed by atoms with Crippen molar-refractivity contribution in [2.45, 2.75) is 25.2 Å². The zero-order chi connectivity index (χ0) is 12.8. The molecular formula is C14H17NOS2. The second-order valence-corrected chi connectivity index (χ2v) is 5.54. The van der Waals surface area contributed by atoms with Crippen LogP contribution in [0.2, 0.25) is 0 Å². The van der Waals surface area contributed by atoms with Crippen LogP contribution in [0.15, 0.2) is 30.3 Å². The monoisotopic (exact) mass is 279 g/mol. The van der Waals surface area contributed by atoms with Gasteiger partial charge in [0.25, 0.3) is 0 Å². The fourth-order valence-corrected chi connectivity index (χ4v) is 3.12. The summed E-state index contributed by atoms with van der Waals surface area (Å²) in [6, 6.07) is 10.5. The minimum Gasteiger partial charge on any atom is -0.378 e. The van der Waals surface area contributed by atoms with E-state index in [1.54, 1.807) is 18.4 Å². The van der Waals surface area contributed by atoms with Crippen molar-refractivity contribution in [1.29, 1.82) is 0 Å². The lowest BCUT2D eigenvalue weighted by molar-refractivity contribution is 0.181. The fourth-order valence-electron chi connectivity index (χ4n) is 1.81. The molecule has 0 saturated carbocycles. The molecule has 0 unspecified atom stereocenters. The van der Waals surface area contributed by atoms with Crippen molar-refractivity contribution in [2.24, 2.45) is 0 Å². The van der Waals surface area contributed by atoms with Gasteiger partial charge in [-0.05, 0) is 12.0 Å². The van der Waals surface area contributed by atoms with Gasteiger partial charge in [-0.25, -0.2) is 4.98 Å². The predicted octanol–water partition coefficient (Wildman–Crippen LogP) is 3.50. The summed E-state index contributed by atoms with van der Waals surface area (Å²) < 4.78 is 5.16. The Labute approximate surface area is 117 Å². The molecule has 1 aromatic carbocycles. The second-order valence-electron chi connectivity index (χ2n) is 4.05. The predicted molar refractivity (Wildman–Crippen MR) is 79.4 cm³/mol. The van der Waals surface area contributed by atoms with E-state index >= 15 is 0 Å². The minimum absolute atomic E-state index is 0.581. The van der Waals surface area contributed by atoms with Crippen LogP contribution in [0.4, 0.5) is 0 Å². The molecule has 4 heteroatoms. The first-order chi connectivity index (χ1) is 8.83. The summed E-state index contributed by atoms with van der Waals surface area (Å²) in [6.07, 6.45) is 2.02. The molecule has 0 bridgehead atoms. The van der Waals surface area contributed by atoms with Crippen LogP contribution in [0.25, 0.3) is 0 Å². The van der Waals surface area contributed by atoms with Crippen molar-refractivity contribution in [2.75, 3.05) is 7.11 Å². The average Bonchev–Trinajstić information content (AvgIpc) is 2.80. The van der Waals surface area contributed by atoms with E-state index in [1.165, 1.54) is 15.4 Å².